The Bertz CT molecular complexity index is 225. The Kier molecular flexibility index (Phi) is 6.52. The molecule has 2 N–H and O–H groups in total. The third-order valence-corrected chi connectivity index (χ3v) is 3.23. The van der Waals surface area contributed by atoms with Gasteiger partial charge in [0.25, 0.3) is 0 Å². The third kappa shape index (κ3) is 6.03. The Balaban J connectivity index is 2.06. The molecule has 1 aliphatic carbocycles. The van der Waals surface area contributed by atoms with Crippen LogP contribution in [0.1, 0.15) is 46.0 Å². The molecule has 1 atom stereocenters. The number of ether oxygens (including phenoxy) is 1. The molecule has 1 saturated carbocycles. The van der Waals surface area contributed by atoms with Gasteiger partial charge in [-0.2, -0.15) is 0 Å². The second-order valence-corrected chi connectivity index (χ2v) is 5.09. The van der Waals surface area contributed by atoms with Gasteiger partial charge in [0.1, 0.15) is 0 Å². The minimum Gasteiger partial charge on any atom is -0.391 e. The van der Waals surface area contributed by atoms with E-state index in [4.69, 9.17) is 4.74 Å². The summed E-state index contributed by atoms with van der Waals surface area (Å²) >= 11 is 0. The molecule has 0 radical (unpaired) electrons. The van der Waals surface area contributed by atoms with E-state index >= 15 is 0 Å². The minimum atomic E-state index is -0.382. The minimum absolute atomic E-state index is 0.0392. The molecule has 0 aliphatic heterocycles. The average molecular weight is 243 g/mol. The van der Waals surface area contributed by atoms with Crippen LogP contribution in [-0.4, -0.2) is 36.4 Å². The summed E-state index contributed by atoms with van der Waals surface area (Å²) in [4.78, 5) is 11.4. The van der Waals surface area contributed by atoms with Crippen molar-refractivity contribution in [3.8, 4) is 0 Å². The first kappa shape index (κ1) is 14.5. The lowest BCUT2D eigenvalue weighted by Crippen LogP contribution is -2.36. The van der Waals surface area contributed by atoms with Crippen LogP contribution in [0.2, 0.25) is 0 Å². The van der Waals surface area contributed by atoms with E-state index in [0.29, 0.717) is 25.5 Å². The van der Waals surface area contributed by atoms with Crippen LogP contribution < -0.4 is 5.32 Å². The Labute approximate surface area is 104 Å². The van der Waals surface area contributed by atoms with E-state index in [0.717, 1.165) is 12.8 Å². The summed E-state index contributed by atoms with van der Waals surface area (Å²) in [6.45, 7) is 4.72. The van der Waals surface area contributed by atoms with Gasteiger partial charge in [-0.3, -0.25) is 4.79 Å². The number of carbonyl (C=O) groups excluding carboxylic acids is 1. The van der Waals surface area contributed by atoms with Crippen LogP contribution in [0.4, 0.5) is 0 Å². The summed E-state index contributed by atoms with van der Waals surface area (Å²) in [5, 5.41) is 12.6. The fourth-order valence-electron chi connectivity index (χ4n) is 2.20. The van der Waals surface area contributed by atoms with Crippen molar-refractivity contribution >= 4 is 5.91 Å². The summed E-state index contributed by atoms with van der Waals surface area (Å²) < 4.78 is 5.30. The van der Waals surface area contributed by atoms with Crippen molar-refractivity contribution in [2.24, 2.45) is 5.92 Å². The van der Waals surface area contributed by atoms with E-state index in [1.54, 1.807) is 0 Å². The molecule has 4 heteroatoms. The quantitative estimate of drug-likeness (QED) is 0.712. The Hall–Kier alpha value is -0.610. The van der Waals surface area contributed by atoms with Gasteiger partial charge in [0.05, 0.1) is 18.8 Å². The van der Waals surface area contributed by atoms with Gasteiger partial charge in [-0.25, -0.2) is 0 Å². The first-order valence-corrected chi connectivity index (χ1v) is 6.66. The molecule has 0 bridgehead atoms. The van der Waals surface area contributed by atoms with Gasteiger partial charge in [0.15, 0.2) is 0 Å². The van der Waals surface area contributed by atoms with Crippen LogP contribution in [0.15, 0.2) is 0 Å². The molecular formula is C13H25NO3. The molecular weight excluding hydrogens is 218 g/mol. The molecule has 1 aliphatic rings. The number of rotatable bonds is 7. The Morgan fingerprint density at radius 2 is 2.06 bits per heavy atom. The number of aliphatic hydroxyl groups is 1. The first-order chi connectivity index (χ1) is 8.09. The summed E-state index contributed by atoms with van der Waals surface area (Å²) in [6.07, 6.45) is 4.74. The van der Waals surface area contributed by atoms with Crippen LogP contribution in [0.5, 0.6) is 0 Å². The average Bonchev–Trinajstić information content (AvgIpc) is 2.78. The van der Waals surface area contributed by atoms with Crippen molar-refractivity contribution in [3.63, 3.8) is 0 Å². The molecule has 0 aromatic rings. The number of hydrogen-bond acceptors (Lipinski definition) is 3. The molecule has 100 valence electrons. The van der Waals surface area contributed by atoms with E-state index in [2.05, 4.69) is 5.32 Å². The predicted octanol–water partition coefficient (Wildman–Crippen LogP) is 1.47. The molecule has 4 nitrogen and oxygen atoms in total. The molecule has 17 heavy (non-hydrogen) atoms. The Morgan fingerprint density at radius 3 is 2.65 bits per heavy atom. The van der Waals surface area contributed by atoms with Crippen molar-refractivity contribution in [2.45, 2.75) is 58.2 Å². The van der Waals surface area contributed by atoms with Crippen molar-refractivity contribution in [1.82, 2.24) is 5.32 Å². The van der Waals surface area contributed by atoms with Crippen LogP contribution in [-0.2, 0) is 9.53 Å². The third-order valence-electron chi connectivity index (χ3n) is 3.23. The fourth-order valence-corrected chi connectivity index (χ4v) is 2.20. The maximum Gasteiger partial charge on any atom is 0.222 e. The lowest BCUT2D eigenvalue weighted by Gasteiger charge is -2.18. The second kappa shape index (κ2) is 7.67. The van der Waals surface area contributed by atoms with Crippen molar-refractivity contribution in [1.29, 1.82) is 0 Å². The molecule has 1 amide bonds. The zero-order valence-electron chi connectivity index (χ0n) is 10.9. The van der Waals surface area contributed by atoms with Crippen LogP contribution in [0.3, 0.4) is 0 Å². The lowest BCUT2D eigenvalue weighted by molar-refractivity contribution is -0.123. The monoisotopic (exact) mass is 243 g/mol. The van der Waals surface area contributed by atoms with Crippen LogP contribution >= 0.6 is 0 Å². The zero-order chi connectivity index (χ0) is 12.7. The highest BCUT2D eigenvalue weighted by Gasteiger charge is 2.23. The molecule has 0 aromatic carbocycles. The molecule has 0 saturated heterocycles. The number of aliphatic hydroxyl groups excluding tert-OH is 1. The van der Waals surface area contributed by atoms with Gasteiger partial charge in [-0.15, -0.1) is 0 Å². The van der Waals surface area contributed by atoms with Crippen molar-refractivity contribution < 1.29 is 14.6 Å². The molecule has 1 fully saturated rings. The standard InChI is InChI=1S/C13H25NO3/c1-10(2)17-8-7-13(16)14-9-12(15)11-5-3-4-6-11/h10-12,15H,3-9H2,1-2H3,(H,14,16). The molecule has 1 rings (SSSR count). The highest BCUT2D eigenvalue weighted by atomic mass is 16.5. The SMILES string of the molecule is CC(C)OCCC(=O)NCC(O)C1CCCC1. The normalized spacial score (nSPS) is 18.6. The smallest absolute Gasteiger partial charge is 0.222 e. The van der Waals surface area contributed by atoms with Gasteiger partial charge >= 0.3 is 0 Å². The van der Waals surface area contributed by atoms with Gasteiger partial charge in [0, 0.05) is 13.0 Å². The first-order valence-electron chi connectivity index (χ1n) is 6.66. The van der Waals surface area contributed by atoms with Gasteiger partial charge in [-0.05, 0) is 32.6 Å². The van der Waals surface area contributed by atoms with E-state index in [1.165, 1.54) is 12.8 Å². The molecule has 0 heterocycles. The van der Waals surface area contributed by atoms with E-state index < -0.39 is 0 Å². The number of hydrogen-bond donors (Lipinski definition) is 2. The van der Waals surface area contributed by atoms with Gasteiger partial charge < -0.3 is 15.2 Å². The van der Waals surface area contributed by atoms with Gasteiger partial charge in [-0.1, -0.05) is 12.8 Å². The highest BCUT2D eigenvalue weighted by molar-refractivity contribution is 5.75. The topological polar surface area (TPSA) is 58.6 Å². The summed E-state index contributed by atoms with van der Waals surface area (Å²) in [5.74, 6) is 0.338. The predicted molar refractivity (Wildman–Crippen MR) is 66.7 cm³/mol. The maximum absolute atomic E-state index is 11.4. The molecule has 0 aromatic heterocycles. The number of nitrogens with one attached hydrogen (secondary N) is 1. The van der Waals surface area contributed by atoms with Crippen LogP contribution in [0, 0.1) is 5.92 Å². The molecule has 0 spiro atoms. The lowest BCUT2D eigenvalue weighted by atomic mass is 10.0. The number of carbonyl (C=O) groups is 1. The van der Waals surface area contributed by atoms with Crippen LogP contribution in [0.25, 0.3) is 0 Å². The maximum atomic E-state index is 11.4. The highest BCUT2D eigenvalue weighted by Crippen LogP contribution is 2.27. The fraction of sp³-hybridized carbons (Fsp3) is 0.923. The largest absolute Gasteiger partial charge is 0.391 e. The van der Waals surface area contributed by atoms with E-state index in [9.17, 15) is 9.90 Å². The zero-order valence-corrected chi connectivity index (χ0v) is 10.9. The van der Waals surface area contributed by atoms with E-state index in [-0.39, 0.29) is 18.1 Å². The van der Waals surface area contributed by atoms with Crippen molar-refractivity contribution in [3.05, 3.63) is 0 Å². The van der Waals surface area contributed by atoms with E-state index in [1.807, 2.05) is 13.8 Å². The number of amides is 1. The van der Waals surface area contributed by atoms with Gasteiger partial charge in [0.2, 0.25) is 5.91 Å². The molecule has 1 unspecified atom stereocenters. The summed E-state index contributed by atoms with van der Waals surface area (Å²) in [6, 6.07) is 0. The summed E-state index contributed by atoms with van der Waals surface area (Å²) in [5.41, 5.74) is 0. The van der Waals surface area contributed by atoms with Crippen molar-refractivity contribution in [2.75, 3.05) is 13.2 Å². The second-order valence-electron chi connectivity index (χ2n) is 5.09. The Morgan fingerprint density at radius 1 is 1.41 bits per heavy atom. The summed E-state index contributed by atoms with van der Waals surface area (Å²) in [7, 11) is 0.